The van der Waals surface area contributed by atoms with E-state index in [1.807, 2.05) is 0 Å². The van der Waals surface area contributed by atoms with Crippen LogP contribution in [0.5, 0.6) is 0 Å². The van der Waals surface area contributed by atoms with Crippen LogP contribution in [0.4, 0.5) is 0 Å². The first kappa shape index (κ1) is 20.2. The molecule has 3 atom stereocenters. The lowest BCUT2D eigenvalue weighted by atomic mass is 9.70. The van der Waals surface area contributed by atoms with Gasteiger partial charge in [-0.15, -0.1) is 0 Å². The van der Waals surface area contributed by atoms with Gasteiger partial charge >= 0.3 is 0 Å². The summed E-state index contributed by atoms with van der Waals surface area (Å²) in [5.41, 5.74) is -0.457. The maximum atomic E-state index is 14.0. The Kier molecular flexibility index (Phi) is 5.46. The average molecular weight is 397 g/mol. The van der Waals surface area contributed by atoms with E-state index in [-0.39, 0.29) is 16.4 Å². The molecule has 4 rings (SSSR count). The second kappa shape index (κ2) is 7.31. The van der Waals surface area contributed by atoms with Crippen LogP contribution in [-0.4, -0.2) is 30.6 Å². The second-order valence-corrected chi connectivity index (χ2v) is 13.1. The highest BCUT2D eigenvalue weighted by atomic mass is 32.2. The van der Waals surface area contributed by atoms with Crippen molar-refractivity contribution < 1.29 is 13.5 Å². The zero-order chi connectivity index (χ0) is 19.3. The predicted octanol–water partition coefficient (Wildman–Crippen LogP) is 5.12. The molecule has 0 amide bonds. The number of sulfone groups is 1. The van der Waals surface area contributed by atoms with Crippen molar-refractivity contribution in [1.82, 2.24) is 0 Å². The molecular formula is C23H40O3S. The topological polar surface area (TPSA) is 54.4 Å². The lowest BCUT2D eigenvalue weighted by Gasteiger charge is -2.44. The summed E-state index contributed by atoms with van der Waals surface area (Å²) < 4.78 is 28.0. The number of aliphatic hydroxyl groups excluding tert-OH is 1. The third-order valence-corrected chi connectivity index (χ3v) is 12.0. The second-order valence-electron chi connectivity index (χ2n) is 10.9. The van der Waals surface area contributed by atoms with Crippen LogP contribution in [0.25, 0.3) is 0 Å². The van der Waals surface area contributed by atoms with Crippen LogP contribution in [0.15, 0.2) is 0 Å². The summed E-state index contributed by atoms with van der Waals surface area (Å²) in [7, 11) is -3.21. The molecule has 156 valence electrons. The van der Waals surface area contributed by atoms with Gasteiger partial charge in [0.15, 0.2) is 9.84 Å². The van der Waals surface area contributed by atoms with Crippen molar-refractivity contribution in [2.45, 2.75) is 109 Å². The smallest absolute Gasteiger partial charge is 0.154 e. The molecule has 27 heavy (non-hydrogen) atoms. The minimum absolute atomic E-state index is 0.0524. The Morgan fingerprint density at radius 1 is 0.889 bits per heavy atom. The molecule has 2 bridgehead atoms. The molecule has 0 aromatic heterocycles. The van der Waals surface area contributed by atoms with Crippen molar-refractivity contribution in [1.29, 1.82) is 0 Å². The molecule has 3 nitrogen and oxygen atoms in total. The molecule has 4 heteroatoms. The number of fused-ring (bicyclic) bond motifs is 2. The monoisotopic (exact) mass is 396 g/mol. The van der Waals surface area contributed by atoms with Gasteiger partial charge < -0.3 is 5.11 Å². The number of aliphatic hydroxyl groups is 1. The Morgan fingerprint density at radius 2 is 1.41 bits per heavy atom. The summed E-state index contributed by atoms with van der Waals surface area (Å²) in [5, 5.41) is 10.8. The summed E-state index contributed by atoms with van der Waals surface area (Å²) in [6.07, 6.45) is 14.1. The third-order valence-electron chi connectivity index (χ3n) is 9.49. The van der Waals surface area contributed by atoms with Crippen LogP contribution in [0, 0.1) is 28.6 Å². The molecule has 0 saturated heterocycles. The molecule has 0 aliphatic heterocycles. The van der Waals surface area contributed by atoms with Crippen molar-refractivity contribution in [3.05, 3.63) is 0 Å². The minimum Gasteiger partial charge on any atom is -0.392 e. The van der Waals surface area contributed by atoms with E-state index < -0.39 is 21.4 Å². The fraction of sp³-hybridized carbons (Fsp3) is 1.00. The molecule has 4 aliphatic rings. The zero-order valence-electron chi connectivity index (χ0n) is 17.5. The van der Waals surface area contributed by atoms with Gasteiger partial charge in [-0.3, -0.25) is 0 Å². The Balaban J connectivity index is 1.64. The quantitative estimate of drug-likeness (QED) is 0.702. The molecule has 2 unspecified atom stereocenters. The van der Waals surface area contributed by atoms with Gasteiger partial charge in [-0.25, -0.2) is 8.42 Å². The maximum absolute atomic E-state index is 14.0. The van der Waals surface area contributed by atoms with E-state index in [1.165, 1.54) is 38.5 Å². The van der Waals surface area contributed by atoms with Gasteiger partial charge in [0.2, 0.25) is 0 Å². The van der Waals surface area contributed by atoms with E-state index in [4.69, 9.17) is 0 Å². The molecule has 4 aliphatic carbocycles. The van der Waals surface area contributed by atoms with E-state index in [0.717, 1.165) is 44.9 Å². The number of hydrogen-bond donors (Lipinski definition) is 1. The highest BCUT2D eigenvalue weighted by Crippen LogP contribution is 2.66. The number of rotatable bonds is 5. The highest BCUT2D eigenvalue weighted by Gasteiger charge is 2.65. The van der Waals surface area contributed by atoms with Gasteiger partial charge in [0.25, 0.3) is 0 Å². The molecule has 4 saturated carbocycles. The van der Waals surface area contributed by atoms with Crippen molar-refractivity contribution in [2.75, 3.05) is 5.75 Å². The van der Waals surface area contributed by atoms with Gasteiger partial charge in [-0.2, -0.15) is 0 Å². The zero-order valence-corrected chi connectivity index (χ0v) is 18.3. The summed E-state index contributed by atoms with van der Waals surface area (Å²) in [5.74, 6) is 1.46. The van der Waals surface area contributed by atoms with E-state index in [9.17, 15) is 13.5 Å². The normalized spacial score (nSPS) is 37.9. The van der Waals surface area contributed by atoms with Gasteiger partial charge in [-0.05, 0) is 68.1 Å². The maximum Gasteiger partial charge on any atom is 0.154 e. The lowest BCUT2D eigenvalue weighted by molar-refractivity contribution is 0.0149. The minimum atomic E-state index is -3.21. The molecule has 0 radical (unpaired) electrons. The predicted molar refractivity (Wildman–Crippen MR) is 110 cm³/mol. The SMILES string of the molecule is CC1(C)[C@H]2CCC1(CS(=O)(=O)C(C1CCCCC1)C1CCCCC1)C(O)C2. The Morgan fingerprint density at radius 3 is 1.81 bits per heavy atom. The van der Waals surface area contributed by atoms with Crippen LogP contribution in [0.3, 0.4) is 0 Å². The van der Waals surface area contributed by atoms with Gasteiger partial charge in [0.05, 0.1) is 17.1 Å². The molecule has 4 fully saturated rings. The van der Waals surface area contributed by atoms with Crippen molar-refractivity contribution in [3.8, 4) is 0 Å². The number of hydrogen-bond acceptors (Lipinski definition) is 3. The first-order chi connectivity index (χ1) is 12.8. The average Bonchev–Trinajstić information content (AvgIpc) is 2.97. The Hall–Kier alpha value is -0.0900. The highest BCUT2D eigenvalue weighted by molar-refractivity contribution is 7.92. The van der Waals surface area contributed by atoms with Crippen LogP contribution >= 0.6 is 0 Å². The molecule has 1 N–H and O–H groups in total. The summed E-state index contributed by atoms with van der Waals surface area (Å²) in [6.45, 7) is 4.46. The molecule has 0 spiro atoms. The lowest BCUT2D eigenvalue weighted by Crippen LogP contribution is -2.49. The summed E-state index contributed by atoms with van der Waals surface area (Å²) in [6, 6.07) is 0. The van der Waals surface area contributed by atoms with Crippen LogP contribution in [0.1, 0.15) is 97.3 Å². The van der Waals surface area contributed by atoms with E-state index in [1.54, 1.807) is 0 Å². The van der Waals surface area contributed by atoms with Crippen LogP contribution in [0.2, 0.25) is 0 Å². The fourth-order valence-electron chi connectivity index (χ4n) is 7.73. The van der Waals surface area contributed by atoms with E-state index in [0.29, 0.717) is 17.8 Å². The van der Waals surface area contributed by atoms with Gasteiger partial charge in [0.1, 0.15) is 0 Å². The first-order valence-electron chi connectivity index (χ1n) is 11.7. The summed E-state index contributed by atoms with van der Waals surface area (Å²) >= 11 is 0. The van der Waals surface area contributed by atoms with Gasteiger partial charge in [-0.1, -0.05) is 52.4 Å². The van der Waals surface area contributed by atoms with Crippen molar-refractivity contribution in [2.24, 2.45) is 28.6 Å². The van der Waals surface area contributed by atoms with Gasteiger partial charge in [0, 0.05) is 5.41 Å². The Labute approximate surface area is 166 Å². The first-order valence-corrected chi connectivity index (χ1v) is 13.4. The van der Waals surface area contributed by atoms with E-state index in [2.05, 4.69) is 13.8 Å². The molecule has 0 aromatic rings. The molecule has 0 aromatic carbocycles. The fourth-order valence-corrected chi connectivity index (χ4v) is 11.1. The largest absolute Gasteiger partial charge is 0.392 e. The van der Waals surface area contributed by atoms with Crippen LogP contribution < -0.4 is 0 Å². The van der Waals surface area contributed by atoms with Crippen LogP contribution in [-0.2, 0) is 9.84 Å². The van der Waals surface area contributed by atoms with E-state index >= 15 is 0 Å². The van der Waals surface area contributed by atoms with Crippen molar-refractivity contribution >= 4 is 9.84 Å². The summed E-state index contributed by atoms with van der Waals surface area (Å²) in [4.78, 5) is 0. The standard InChI is InChI=1S/C23H40O3S/c1-22(2)19-13-14-23(22,20(24)15-19)16-27(25,26)21(17-9-5-3-6-10-17)18-11-7-4-8-12-18/h17-21,24H,3-16H2,1-2H3/t19-,20?,23?/m0/s1. The Bertz CT molecular complexity index is 610. The van der Waals surface area contributed by atoms with Crippen molar-refractivity contribution in [3.63, 3.8) is 0 Å². The molecule has 0 heterocycles. The third kappa shape index (κ3) is 3.31. The molecular weight excluding hydrogens is 356 g/mol.